The lowest BCUT2D eigenvalue weighted by Crippen LogP contribution is -2.09. The maximum atomic E-state index is 2.35. The predicted molar refractivity (Wildman–Crippen MR) is 45.3 cm³/mol. The first kappa shape index (κ1) is 7.42. The van der Waals surface area contributed by atoms with E-state index in [4.69, 9.17) is 0 Å². The van der Waals surface area contributed by atoms with E-state index in [1.165, 1.54) is 0 Å². The molecule has 1 atom stereocenters. The van der Waals surface area contributed by atoms with E-state index in [2.05, 4.69) is 62.5 Å². The first-order chi connectivity index (χ1) is 2.64. The van der Waals surface area contributed by atoms with Crippen LogP contribution in [-0.2, 0) is 0 Å². The number of hydrogen-bond acceptors (Lipinski definition) is 1. The van der Waals surface area contributed by atoms with Gasteiger partial charge in [0, 0.05) is 22.9 Å². The Morgan fingerprint density at radius 3 is 1.83 bits per heavy atom. The van der Waals surface area contributed by atoms with Crippen LogP contribution in [0, 0.1) is 0 Å². The van der Waals surface area contributed by atoms with Crippen LogP contribution in [0.2, 0.25) is 0 Å². The highest BCUT2D eigenvalue weighted by Crippen LogP contribution is 2.07. The molecule has 0 aromatic rings. The molecular formula is C3H7I2N. The minimum absolute atomic E-state index is 0.642. The van der Waals surface area contributed by atoms with Gasteiger partial charge in [-0.1, -0.05) is 22.6 Å². The number of halogens is 2. The Hall–Kier alpha value is 1.42. The Morgan fingerprint density at radius 1 is 1.67 bits per heavy atom. The van der Waals surface area contributed by atoms with Gasteiger partial charge in [-0.2, -0.15) is 0 Å². The van der Waals surface area contributed by atoms with Gasteiger partial charge < -0.3 is 0 Å². The molecule has 0 aromatic carbocycles. The molecule has 0 rings (SSSR count). The number of hydrogen-bond donors (Lipinski definition) is 0. The van der Waals surface area contributed by atoms with E-state index in [9.17, 15) is 0 Å². The van der Waals surface area contributed by atoms with Crippen LogP contribution in [0.3, 0.4) is 0 Å². The molecule has 1 unspecified atom stereocenters. The zero-order valence-electron chi connectivity index (χ0n) is 3.78. The van der Waals surface area contributed by atoms with Gasteiger partial charge in [0.2, 0.25) is 0 Å². The monoisotopic (exact) mass is 311 g/mol. The quantitative estimate of drug-likeness (QED) is 0.310. The summed E-state index contributed by atoms with van der Waals surface area (Å²) in [7, 11) is 2.05. The summed E-state index contributed by atoms with van der Waals surface area (Å²) in [5.41, 5.74) is 0. The number of nitrogens with zero attached hydrogens (tertiary/aromatic N) is 1. The molecule has 38 valence electrons. The van der Waals surface area contributed by atoms with Crippen LogP contribution in [0.1, 0.15) is 6.92 Å². The molecule has 0 amide bonds. The van der Waals surface area contributed by atoms with Gasteiger partial charge in [0.25, 0.3) is 0 Å². The second-order valence-electron chi connectivity index (χ2n) is 1.10. The first-order valence-electron chi connectivity index (χ1n) is 1.67. The van der Waals surface area contributed by atoms with Crippen molar-refractivity contribution in [3.63, 3.8) is 0 Å². The summed E-state index contributed by atoms with van der Waals surface area (Å²) in [5.74, 6) is 0. The molecule has 0 N–H and O–H groups in total. The van der Waals surface area contributed by atoms with Crippen molar-refractivity contribution in [2.24, 2.45) is 0 Å². The van der Waals surface area contributed by atoms with Crippen molar-refractivity contribution in [2.75, 3.05) is 7.05 Å². The van der Waals surface area contributed by atoms with Crippen molar-refractivity contribution in [1.82, 2.24) is 3.11 Å². The van der Waals surface area contributed by atoms with Crippen molar-refractivity contribution >= 4 is 45.5 Å². The summed E-state index contributed by atoms with van der Waals surface area (Å²) in [6.07, 6.45) is 0. The van der Waals surface area contributed by atoms with Crippen LogP contribution in [0.4, 0.5) is 0 Å². The van der Waals surface area contributed by atoms with E-state index in [0.717, 1.165) is 0 Å². The highest BCUT2D eigenvalue weighted by molar-refractivity contribution is 14.1. The molecule has 0 fully saturated rings. The Bertz CT molecular complexity index is 29.8. The van der Waals surface area contributed by atoms with Gasteiger partial charge in [0.15, 0.2) is 0 Å². The fourth-order valence-corrected chi connectivity index (χ4v) is 0. The lowest BCUT2D eigenvalue weighted by atomic mass is 10.8. The Labute approximate surface area is 66.1 Å². The smallest absolute Gasteiger partial charge is 0.0677 e. The molecule has 1 nitrogen and oxygen atoms in total. The molecule has 0 aliphatic rings. The minimum atomic E-state index is 0.642. The van der Waals surface area contributed by atoms with Gasteiger partial charge >= 0.3 is 0 Å². The highest BCUT2D eigenvalue weighted by Gasteiger charge is 1.95. The highest BCUT2D eigenvalue weighted by atomic mass is 127. The fraction of sp³-hybridized carbons (Fsp3) is 1.00. The standard InChI is InChI=1S/C3H7I2N/c1-3(4)6(2)5/h3H,1-2H3. The Kier molecular flexibility index (Phi) is 4.24. The van der Waals surface area contributed by atoms with E-state index < -0.39 is 0 Å². The maximum absolute atomic E-state index is 2.35. The van der Waals surface area contributed by atoms with Crippen molar-refractivity contribution < 1.29 is 0 Å². The Balaban J connectivity index is 2.99. The third-order valence-electron chi connectivity index (χ3n) is 0.490. The molecule has 6 heavy (non-hydrogen) atoms. The van der Waals surface area contributed by atoms with Crippen LogP contribution in [0.25, 0.3) is 0 Å². The summed E-state index contributed by atoms with van der Waals surface area (Å²) in [4.78, 5) is 0. The molecular weight excluding hydrogens is 304 g/mol. The molecule has 0 radical (unpaired) electrons. The van der Waals surface area contributed by atoms with Crippen molar-refractivity contribution in [3.05, 3.63) is 0 Å². The second-order valence-corrected chi connectivity index (χ2v) is 4.42. The topological polar surface area (TPSA) is 3.24 Å². The zero-order chi connectivity index (χ0) is 5.15. The molecule has 0 saturated carbocycles. The van der Waals surface area contributed by atoms with Gasteiger partial charge in [-0.15, -0.1) is 0 Å². The Morgan fingerprint density at radius 2 is 1.83 bits per heavy atom. The van der Waals surface area contributed by atoms with Gasteiger partial charge in [-0.25, -0.2) is 3.11 Å². The van der Waals surface area contributed by atoms with Crippen LogP contribution >= 0.6 is 45.5 Å². The molecule has 0 aromatic heterocycles. The van der Waals surface area contributed by atoms with E-state index in [1.54, 1.807) is 0 Å². The van der Waals surface area contributed by atoms with Crippen molar-refractivity contribution in [3.8, 4) is 0 Å². The van der Waals surface area contributed by atoms with Crippen molar-refractivity contribution in [2.45, 2.75) is 11.0 Å². The van der Waals surface area contributed by atoms with E-state index in [0.29, 0.717) is 4.05 Å². The third kappa shape index (κ3) is 3.60. The molecule has 0 aliphatic heterocycles. The molecule has 0 bridgehead atoms. The fourth-order valence-electron chi connectivity index (χ4n) is 0. The lowest BCUT2D eigenvalue weighted by molar-refractivity contribution is 0.627. The summed E-state index contributed by atoms with van der Waals surface area (Å²) < 4.78 is 2.77. The average Bonchev–Trinajstić information content (AvgIpc) is 1.36. The van der Waals surface area contributed by atoms with Crippen LogP contribution in [-0.4, -0.2) is 14.2 Å². The van der Waals surface area contributed by atoms with Gasteiger partial charge in [0.05, 0.1) is 4.05 Å². The largest absolute Gasteiger partial charge is 0.238 e. The van der Waals surface area contributed by atoms with Crippen LogP contribution in [0.5, 0.6) is 0 Å². The molecule has 3 heteroatoms. The van der Waals surface area contributed by atoms with Gasteiger partial charge in [-0.3, -0.25) is 0 Å². The predicted octanol–water partition coefficient (Wildman–Crippen LogP) is 2.05. The molecule has 0 heterocycles. The number of rotatable bonds is 1. The first-order valence-corrected chi connectivity index (χ1v) is 3.88. The lowest BCUT2D eigenvalue weighted by Gasteiger charge is -2.07. The van der Waals surface area contributed by atoms with Gasteiger partial charge in [0.1, 0.15) is 0 Å². The van der Waals surface area contributed by atoms with Crippen LogP contribution in [0.15, 0.2) is 0 Å². The molecule has 0 aliphatic carbocycles. The second kappa shape index (κ2) is 3.43. The maximum Gasteiger partial charge on any atom is 0.0677 e. The zero-order valence-corrected chi connectivity index (χ0v) is 8.10. The summed E-state index contributed by atoms with van der Waals surface area (Å²) in [6, 6.07) is 0. The average molecular weight is 311 g/mol. The summed E-state index contributed by atoms with van der Waals surface area (Å²) in [5, 5.41) is 0. The third-order valence-corrected chi connectivity index (χ3v) is 3.23. The van der Waals surface area contributed by atoms with Gasteiger partial charge in [-0.05, 0) is 14.0 Å². The number of alkyl halides is 1. The summed E-state index contributed by atoms with van der Waals surface area (Å²) >= 11 is 4.61. The normalized spacial score (nSPS) is 15.5. The van der Waals surface area contributed by atoms with E-state index in [1.807, 2.05) is 0 Å². The van der Waals surface area contributed by atoms with Crippen molar-refractivity contribution in [1.29, 1.82) is 0 Å². The van der Waals surface area contributed by atoms with Crippen LogP contribution < -0.4 is 0 Å². The minimum Gasteiger partial charge on any atom is -0.238 e. The van der Waals surface area contributed by atoms with E-state index in [-0.39, 0.29) is 0 Å². The SMILES string of the molecule is CC(I)N(C)I. The molecule has 0 spiro atoms. The molecule has 0 saturated heterocycles. The summed E-state index contributed by atoms with van der Waals surface area (Å²) in [6.45, 7) is 2.15. The van der Waals surface area contributed by atoms with E-state index >= 15 is 0 Å².